The van der Waals surface area contributed by atoms with Crippen LogP contribution in [0.4, 0.5) is 10.5 Å². The van der Waals surface area contributed by atoms with Gasteiger partial charge in [-0.15, -0.1) is 0 Å². The molecule has 0 saturated carbocycles. The molecular formula is C23H27N4O4+. The number of pyridine rings is 1. The number of carbonyl (C=O) groups excluding carboxylic acids is 1. The van der Waals surface area contributed by atoms with Gasteiger partial charge in [0.15, 0.2) is 11.5 Å². The maximum Gasteiger partial charge on any atom is 0.322 e. The summed E-state index contributed by atoms with van der Waals surface area (Å²) in [6, 6.07) is 14.5. The van der Waals surface area contributed by atoms with E-state index < -0.39 is 0 Å². The largest absolute Gasteiger partial charge is 0.486 e. The first-order valence-corrected chi connectivity index (χ1v) is 10.3. The molecule has 0 aliphatic carbocycles. The molecule has 0 bridgehead atoms. The van der Waals surface area contributed by atoms with Crippen LogP contribution >= 0.6 is 0 Å². The number of likely N-dealkylation sites (N-methyl/N-ethyl adjacent to an activating group) is 1. The molecule has 3 aromatic rings. The Morgan fingerprint density at radius 2 is 1.81 bits per heavy atom. The number of benzene rings is 2. The highest BCUT2D eigenvalue weighted by Gasteiger charge is 2.19. The minimum atomic E-state index is -0.242. The topological polar surface area (TPSA) is 88.1 Å². The van der Waals surface area contributed by atoms with Crippen molar-refractivity contribution in [2.75, 3.05) is 45.7 Å². The van der Waals surface area contributed by atoms with E-state index in [9.17, 15) is 9.59 Å². The summed E-state index contributed by atoms with van der Waals surface area (Å²) in [4.78, 5) is 31.5. The fourth-order valence-electron chi connectivity index (χ4n) is 3.45. The van der Waals surface area contributed by atoms with Gasteiger partial charge in [0.25, 0.3) is 5.56 Å². The first kappa shape index (κ1) is 20.7. The number of ether oxygens (including phenoxy) is 2. The lowest BCUT2D eigenvalue weighted by atomic mass is 10.1. The van der Waals surface area contributed by atoms with E-state index >= 15 is 0 Å². The van der Waals surface area contributed by atoms with Gasteiger partial charge in [0, 0.05) is 22.7 Å². The smallest absolute Gasteiger partial charge is 0.322 e. The van der Waals surface area contributed by atoms with Gasteiger partial charge < -0.3 is 29.6 Å². The predicted octanol–water partition coefficient (Wildman–Crippen LogP) is 1.48. The molecule has 0 radical (unpaired) electrons. The molecule has 0 spiro atoms. The summed E-state index contributed by atoms with van der Waals surface area (Å²) in [6.07, 6.45) is 0. The number of hydrogen-bond acceptors (Lipinski definition) is 4. The molecule has 2 amide bonds. The maximum absolute atomic E-state index is 13.0. The van der Waals surface area contributed by atoms with Crippen molar-refractivity contribution >= 4 is 22.6 Å². The van der Waals surface area contributed by atoms with Crippen molar-refractivity contribution in [3.05, 3.63) is 64.4 Å². The van der Waals surface area contributed by atoms with E-state index in [0.717, 1.165) is 11.9 Å². The van der Waals surface area contributed by atoms with Gasteiger partial charge in [-0.3, -0.25) is 4.79 Å². The second-order valence-electron chi connectivity index (χ2n) is 7.88. The summed E-state index contributed by atoms with van der Waals surface area (Å²) in [7, 11) is 4.06. The molecule has 2 aromatic carbocycles. The molecule has 3 N–H and O–H groups in total. The Balaban J connectivity index is 1.60. The lowest BCUT2D eigenvalue weighted by molar-refractivity contribution is -0.857. The molecule has 31 heavy (non-hydrogen) atoms. The molecule has 0 saturated heterocycles. The Morgan fingerprint density at radius 3 is 2.52 bits per heavy atom. The minimum Gasteiger partial charge on any atom is -0.486 e. The third kappa shape index (κ3) is 4.97. The number of aromatic amines is 1. The summed E-state index contributed by atoms with van der Waals surface area (Å²) in [5.74, 6) is 1.28. The summed E-state index contributed by atoms with van der Waals surface area (Å²) in [6.45, 7) is 2.45. The van der Waals surface area contributed by atoms with E-state index in [0.29, 0.717) is 48.0 Å². The highest BCUT2D eigenvalue weighted by molar-refractivity contribution is 5.89. The molecule has 1 aromatic heterocycles. The highest BCUT2D eigenvalue weighted by Crippen LogP contribution is 2.33. The number of H-pyrrole nitrogens is 1. The maximum atomic E-state index is 13.0. The van der Waals surface area contributed by atoms with Crippen LogP contribution in [0.3, 0.4) is 0 Å². The molecule has 8 heteroatoms. The highest BCUT2D eigenvalue weighted by atomic mass is 16.6. The summed E-state index contributed by atoms with van der Waals surface area (Å²) in [5, 5.41) is 3.75. The molecule has 0 atom stereocenters. The van der Waals surface area contributed by atoms with Gasteiger partial charge in [-0.25, -0.2) is 4.79 Å². The van der Waals surface area contributed by atoms with Gasteiger partial charge in [-0.05, 0) is 24.3 Å². The summed E-state index contributed by atoms with van der Waals surface area (Å²) in [5.41, 5.74) is 1.68. The van der Waals surface area contributed by atoms with Crippen molar-refractivity contribution in [1.82, 2.24) is 9.88 Å². The zero-order valence-corrected chi connectivity index (χ0v) is 17.7. The molecule has 0 fully saturated rings. The molecule has 162 valence electrons. The van der Waals surface area contributed by atoms with Crippen LogP contribution in [0.15, 0.2) is 53.3 Å². The van der Waals surface area contributed by atoms with Crippen molar-refractivity contribution in [2.24, 2.45) is 0 Å². The average Bonchev–Trinajstić information content (AvgIpc) is 2.76. The van der Waals surface area contributed by atoms with E-state index in [-0.39, 0.29) is 18.1 Å². The molecule has 4 rings (SSSR count). The lowest BCUT2D eigenvalue weighted by Crippen LogP contribution is -3.06. The number of fused-ring (bicyclic) bond motifs is 2. The zero-order chi connectivity index (χ0) is 21.8. The molecule has 2 heterocycles. The number of urea groups is 1. The number of nitrogens with one attached hydrogen (secondary N) is 3. The molecule has 1 aliphatic heterocycles. The first-order valence-electron chi connectivity index (χ1n) is 10.3. The normalized spacial score (nSPS) is 12.7. The number of hydrogen-bond donors (Lipinski definition) is 3. The van der Waals surface area contributed by atoms with E-state index in [4.69, 9.17) is 9.47 Å². The SMILES string of the molecule is C[NH+](C)CCN(Cc1cc2cc3c(cc2[nH]c1=O)OCCO3)C(=O)Nc1ccccc1. The molecule has 8 nitrogen and oxygen atoms in total. The van der Waals surface area contributed by atoms with Gasteiger partial charge in [-0.2, -0.15) is 0 Å². The number of amides is 2. The van der Waals surface area contributed by atoms with Crippen molar-refractivity contribution in [3.8, 4) is 11.5 Å². The van der Waals surface area contributed by atoms with Crippen LogP contribution in [0.25, 0.3) is 10.9 Å². The number of carbonyl (C=O) groups is 1. The van der Waals surface area contributed by atoms with Crippen LogP contribution < -0.4 is 25.2 Å². The second kappa shape index (κ2) is 9.09. The van der Waals surface area contributed by atoms with E-state index in [1.807, 2.05) is 56.6 Å². The van der Waals surface area contributed by atoms with Gasteiger partial charge in [0.2, 0.25) is 0 Å². The Labute approximate surface area is 180 Å². The van der Waals surface area contributed by atoms with Crippen molar-refractivity contribution in [2.45, 2.75) is 6.54 Å². The van der Waals surface area contributed by atoms with E-state index in [1.54, 1.807) is 11.0 Å². The third-order valence-electron chi connectivity index (χ3n) is 5.14. The fourth-order valence-corrected chi connectivity index (χ4v) is 3.45. The van der Waals surface area contributed by atoms with E-state index in [2.05, 4.69) is 10.3 Å². The zero-order valence-electron chi connectivity index (χ0n) is 17.7. The number of anilines is 1. The van der Waals surface area contributed by atoms with Crippen LogP contribution in [-0.2, 0) is 6.54 Å². The molecular weight excluding hydrogens is 396 g/mol. The summed E-state index contributed by atoms with van der Waals surface area (Å²) < 4.78 is 11.3. The molecule has 1 aliphatic rings. The number of rotatable bonds is 6. The van der Waals surface area contributed by atoms with Crippen molar-refractivity contribution in [1.29, 1.82) is 0 Å². The van der Waals surface area contributed by atoms with Gasteiger partial charge >= 0.3 is 6.03 Å². The van der Waals surface area contributed by atoms with Crippen molar-refractivity contribution < 1.29 is 19.2 Å². The van der Waals surface area contributed by atoms with Gasteiger partial charge in [-0.1, -0.05) is 18.2 Å². The Hall–Kier alpha value is -3.52. The first-order chi connectivity index (χ1) is 15.0. The minimum absolute atomic E-state index is 0.200. The quantitative estimate of drug-likeness (QED) is 0.560. The fraction of sp³-hybridized carbons (Fsp3) is 0.304. The molecule has 0 unspecified atom stereocenters. The number of nitrogens with zero attached hydrogens (tertiary/aromatic N) is 1. The van der Waals surface area contributed by atoms with Crippen LogP contribution in [0.5, 0.6) is 11.5 Å². The second-order valence-corrected chi connectivity index (χ2v) is 7.88. The Kier molecular flexibility index (Phi) is 6.08. The van der Waals surface area contributed by atoms with Crippen LogP contribution in [0, 0.1) is 0 Å². The van der Waals surface area contributed by atoms with Gasteiger partial charge in [0.1, 0.15) is 13.2 Å². The standard InChI is InChI=1S/C23H26N4O4/c1-26(2)8-9-27(23(29)24-18-6-4-3-5-7-18)15-17-12-16-13-20-21(31-11-10-30-20)14-19(16)25-22(17)28/h3-7,12-14H,8-11,15H2,1-2H3,(H,24,29)(H,25,28)/p+1. The van der Waals surface area contributed by atoms with Gasteiger partial charge in [0.05, 0.1) is 39.2 Å². The number of para-hydroxylation sites is 1. The average molecular weight is 423 g/mol. The Bertz CT molecular complexity index is 1130. The van der Waals surface area contributed by atoms with E-state index in [1.165, 1.54) is 4.90 Å². The Morgan fingerprint density at radius 1 is 1.10 bits per heavy atom. The summed E-state index contributed by atoms with van der Waals surface area (Å²) >= 11 is 0. The van der Waals surface area contributed by atoms with Crippen LogP contribution in [0.2, 0.25) is 0 Å². The van der Waals surface area contributed by atoms with Crippen molar-refractivity contribution in [3.63, 3.8) is 0 Å². The number of quaternary nitrogens is 1. The third-order valence-corrected chi connectivity index (χ3v) is 5.14. The predicted molar refractivity (Wildman–Crippen MR) is 119 cm³/mol. The number of aromatic nitrogens is 1. The lowest BCUT2D eigenvalue weighted by Gasteiger charge is -2.24. The monoisotopic (exact) mass is 423 g/mol. The van der Waals surface area contributed by atoms with Crippen LogP contribution in [-0.4, -0.2) is 56.3 Å². The van der Waals surface area contributed by atoms with Crippen LogP contribution in [0.1, 0.15) is 5.56 Å².